The predicted molar refractivity (Wildman–Crippen MR) is 98.2 cm³/mol. The van der Waals surface area contributed by atoms with Crippen molar-refractivity contribution in [3.05, 3.63) is 48.5 Å². The maximum Gasteiger partial charge on any atom is 0.253 e. The lowest BCUT2D eigenvalue weighted by atomic mass is 10.1. The van der Waals surface area contributed by atoms with Gasteiger partial charge in [-0.15, -0.1) is 23.5 Å². The fourth-order valence-electron chi connectivity index (χ4n) is 2.19. The molecule has 2 aromatic carbocycles. The molecular weight excluding hydrogens is 330 g/mol. The molecule has 0 radical (unpaired) electrons. The number of hydrogen-bond donors (Lipinski definition) is 1. The third kappa shape index (κ3) is 3.21. The third-order valence-electron chi connectivity index (χ3n) is 3.33. The Morgan fingerprint density at radius 3 is 1.82 bits per heavy atom. The Balaban J connectivity index is 2.04. The van der Waals surface area contributed by atoms with Gasteiger partial charge >= 0.3 is 0 Å². The van der Waals surface area contributed by atoms with Gasteiger partial charge in [-0.25, -0.2) is 4.98 Å². The molecular formula is C17H15NOS3. The van der Waals surface area contributed by atoms with Crippen LogP contribution in [0.15, 0.2) is 68.0 Å². The molecule has 3 rings (SSSR count). The van der Waals surface area contributed by atoms with Gasteiger partial charge in [0.05, 0.1) is 0 Å². The van der Waals surface area contributed by atoms with Crippen LogP contribution in [0.2, 0.25) is 0 Å². The van der Waals surface area contributed by atoms with Crippen molar-refractivity contribution in [3.8, 4) is 22.6 Å². The molecule has 0 aliphatic heterocycles. The molecule has 0 spiro atoms. The van der Waals surface area contributed by atoms with Gasteiger partial charge in [0.25, 0.3) is 5.22 Å². The van der Waals surface area contributed by atoms with Gasteiger partial charge in [-0.1, -0.05) is 36.9 Å². The van der Waals surface area contributed by atoms with Crippen LogP contribution >= 0.6 is 36.2 Å². The summed E-state index contributed by atoms with van der Waals surface area (Å²) in [6, 6.07) is 16.6. The van der Waals surface area contributed by atoms with Crippen LogP contribution in [-0.4, -0.2) is 17.5 Å². The summed E-state index contributed by atoms with van der Waals surface area (Å²) >= 11 is 7.71. The number of oxazole rings is 1. The van der Waals surface area contributed by atoms with E-state index in [-0.39, 0.29) is 0 Å². The molecule has 0 aliphatic rings. The summed E-state index contributed by atoms with van der Waals surface area (Å²) in [6.07, 6.45) is 4.13. The molecule has 0 atom stereocenters. The van der Waals surface area contributed by atoms with Gasteiger partial charge in [0.1, 0.15) is 5.69 Å². The Bertz CT molecular complexity index is 699. The smallest absolute Gasteiger partial charge is 0.253 e. The minimum Gasteiger partial charge on any atom is -0.431 e. The monoisotopic (exact) mass is 345 g/mol. The first-order valence-electron chi connectivity index (χ1n) is 6.70. The Labute approximate surface area is 144 Å². The normalized spacial score (nSPS) is 10.9. The first kappa shape index (κ1) is 15.6. The minimum absolute atomic E-state index is 0.382. The van der Waals surface area contributed by atoms with Crippen molar-refractivity contribution in [2.24, 2.45) is 0 Å². The summed E-state index contributed by atoms with van der Waals surface area (Å²) < 4.78 is 5.73. The van der Waals surface area contributed by atoms with Crippen molar-refractivity contribution >= 4 is 36.2 Å². The van der Waals surface area contributed by atoms with Gasteiger partial charge in [-0.05, 0) is 36.8 Å². The van der Waals surface area contributed by atoms with E-state index in [4.69, 9.17) is 4.42 Å². The second-order valence-electron chi connectivity index (χ2n) is 4.63. The quantitative estimate of drug-likeness (QED) is 0.481. The Morgan fingerprint density at radius 2 is 1.32 bits per heavy atom. The van der Waals surface area contributed by atoms with E-state index in [0.717, 1.165) is 22.6 Å². The van der Waals surface area contributed by atoms with E-state index >= 15 is 0 Å². The van der Waals surface area contributed by atoms with Gasteiger partial charge in [-0.2, -0.15) is 0 Å². The first-order valence-corrected chi connectivity index (χ1v) is 9.59. The first-order chi connectivity index (χ1) is 10.7. The van der Waals surface area contributed by atoms with E-state index in [2.05, 4.69) is 78.7 Å². The molecule has 3 aromatic rings. The third-order valence-corrected chi connectivity index (χ3v) is 5.01. The van der Waals surface area contributed by atoms with Crippen LogP contribution in [0.1, 0.15) is 0 Å². The molecule has 1 aromatic heterocycles. The summed E-state index contributed by atoms with van der Waals surface area (Å²) in [7, 11) is 0. The summed E-state index contributed by atoms with van der Waals surface area (Å²) in [5.74, 6) is 0.759. The average Bonchev–Trinajstić information content (AvgIpc) is 2.97. The minimum atomic E-state index is 0.382. The van der Waals surface area contributed by atoms with Crippen molar-refractivity contribution in [2.45, 2.75) is 15.0 Å². The van der Waals surface area contributed by atoms with E-state index in [1.54, 1.807) is 23.5 Å². The number of thioether (sulfide) groups is 2. The molecule has 2 nitrogen and oxygen atoms in total. The number of rotatable bonds is 4. The highest BCUT2D eigenvalue weighted by atomic mass is 32.2. The topological polar surface area (TPSA) is 26.0 Å². The number of hydrogen-bond acceptors (Lipinski definition) is 5. The van der Waals surface area contributed by atoms with Crippen LogP contribution in [-0.2, 0) is 0 Å². The molecule has 0 unspecified atom stereocenters. The second kappa shape index (κ2) is 6.86. The van der Waals surface area contributed by atoms with E-state index in [1.807, 2.05) is 0 Å². The van der Waals surface area contributed by atoms with E-state index in [1.165, 1.54) is 9.79 Å². The maximum absolute atomic E-state index is 5.73. The molecule has 0 bridgehead atoms. The molecule has 0 saturated carbocycles. The van der Waals surface area contributed by atoms with Gasteiger partial charge in [0, 0.05) is 20.9 Å². The van der Waals surface area contributed by atoms with E-state index < -0.39 is 0 Å². The van der Waals surface area contributed by atoms with Crippen molar-refractivity contribution < 1.29 is 4.42 Å². The van der Waals surface area contributed by atoms with Crippen LogP contribution in [0.25, 0.3) is 22.6 Å². The summed E-state index contributed by atoms with van der Waals surface area (Å²) in [5.41, 5.74) is 2.87. The molecule has 0 saturated heterocycles. The Hall–Kier alpha value is -1.30. The Kier molecular flexibility index (Phi) is 4.86. The number of nitrogens with zero attached hydrogens (tertiary/aromatic N) is 1. The van der Waals surface area contributed by atoms with Crippen LogP contribution < -0.4 is 0 Å². The van der Waals surface area contributed by atoms with Gasteiger partial charge in [0.2, 0.25) is 0 Å². The van der Waals surface area contributed by atoms with E-state index in [9.17, 15) is 0 Å². The highest BCUT2D eigenvalue weighted by Gasteiger charge is 2.15. The standard InChI is InChI=1S/C17H15NOS3/c1-21-13-7-3-11(4-8-13)15-16(19-17(20)18-15)12-5-9-14(22-2)10-6-12/h3-10H,1-2H3,(H,18,20). The zero-order valence-corrected chi connectivity index (χ0v) is 14.8. The second-order valence-corrected chi connectivity index (χ2v) is 6.77. The highest BCUT2D eigenvalue weighted by Crippen LogP contribution is 2.35. The fraction of sp³-hybridized carbons (Fsp3) is 0.118. The van der Waals surface area contributed by atoms with Gasteiger partial charge in [-0.3, -0.25) is 0 Å². The molecule has 0 amide bonds. The lowest BCUT2D eigenvalue weighted by Gasteiger charge is -2.03. The van der Waals surface area contributed by atoms with Gasteiger partial charge < -0.3 is 4.42 Å². The predicted octanol–water partition coefficient (Wildman–Crippen LogP) is 5.74. The summed E-state index contributed by atoms with van der Waals surface area (Å²) in [4.78, 5) is 6.89. The Morgan fingerprint density at radius 1 is 0.818 bits per heavy atom. The molecule has 0 N–H and O–H groups in total. The molecule has 0 fully saturated rings. The molecule has 112 valence electrons. The van der Waals surface area contributed by atoms with Crippen LogP contribution in [0.5, 0.6) is 0 Å². The summed E-state index contributed by atoms with van der Waals surface area (Å²) in [6.45, 7) is 0. The molecule has 5 heteroatoms. The number of thiol groups is 1. The van der Waals surface area contributed by atoms with Crippen molar-refractivity contribution in [1.82, 2.24) is 4.98 Å². The van der Waals surface area contributed by atoms with Crippen molar-refractivity contribution in [2.75, 3.05) is 12.5 Å². The van der Waals surface area contributed by atoms with Crippen LogP contribution in [0, 0.1) is 0 Å². The number of aromatic nitrogens is 1. The van der Waals surface area contributed by atoms with Crippen molar-refractivity contribution in [1.29, 1.82) is 0 Å². The molecule has 0 aliphatic carbocycles. The summed E-state index contributed by atoms with van der Waals surface area (Å²) in [5, 5.41) is 0.382. The number of benzene rings is 2. The average molecular weight is 346 g/mol. The van der Waals surface area contributed by atoms with Crippen molar-refractivity contribution in [3.63, 3.8) is 0 Å². The molecule has 22 heavy (non-hydrogen) atoms. The fourth-order valence-corrected chi connectivity index (χ4v) is 3.20. The zero-order valence-electron chi connectivity index (χ0n) is 12.2. The zero-order chi connectivity index (χ0) is 15.5. The van der Waals surface area contributed by atoms with Gasteiger partial charge in [0.15, 0.2) is 5.76 Å². The lowest BCUT2D eigenvalue weighted by Crippen LogP contribution is -1.83. The van der Waals surface area contributed by atoms with Crippen LogP contribution in [0.3, 0.4) is 0 Å². The SMILES string of the molecule is CSc1ccc(-c2nc(S)oc2-c2ccc(SC)cc2)cc1. The van der Waals surface area contributed by atoms with E-state index in [0.29, 0.717) is 5.22 Å². The lowest BCUT2D eigenvalue weighted by molar-refractivity contribution is 0.468. The van der Waals surface area contributed by atoms with Crippen LogP contribution in [0.4, 0.5) is 0 Å². The maximum atomic E-state index is 5.73. The largest absolute Gasteiger partial charge is 0.431 e. The highest BCUT2D eigenvalue weighted by molar-refractivity contribution is 7.98. The molecule has 1 heterocycles.